The quantitative estimate of drug-likeness (QED) is 0.781. The van der Waals surface area contributed by atoms with Crippen LogP contribution in [0, 0.1) is 0 Å². The second kappa shape index (κ2) is 4.13. The number of rotatable bonds is 2. The molecule has 0 saturated heterocycles. The maximum Gasteiger partial charge on any atom is 0.119 e. The number of fused-ring (bicyclic) bond motifs is 3. The second-order valence-electron chi connectivity index (χ2n) is 5.42. The van der Waals surface area contributed by atoms with Crippen LogP contribution in [0.2, 0.25) is 13.1 Å². The molecule has 1 aliphatic heterocycles. The van der Waals surface area contributed by atoms with Crippen LogP contribution in [0.1, 0.15) is 0 Å². The minimum absolute atomic E-state index is 0.916. The summed E-state index contributed by atoms with van der Waals surface area (Å²) in [4.78, 5) is 0. The van der Waals surface area contributed by atoms with Crippen molar-refractivity contribution in [3.05, 3.63) is 36.4 Å². The molecule has 2 nitrogen and oxygen atoms in total. The zero-order valence-corrected chi connectivity index (χ0v) is 12.8. The number of benzene rings is 2. The third kappa shape index (κ3) is 1.61. The Morgan fingerprint density at radius 2 is 1.68 bits per heavy atom. The Hall–Kier alpha value is -1.74. The van der Waals surface area contributed by atoms with Gasteiger partial charge in [0, 0.05) is 0 Å². The van der Waals surface area contributed by atoms with Crippen LogP contribution in [0.15, 0.2) is 36.4 Å². The molecule has 0 aliphatic carbocycles. The highest BCUT2D eigenvalue weighted by Gasteiger charge is 2.39. The average Bonchev–Trinajstić information content (AvgIpc) is 2.67. The number of methoxy groups -OCH3 is 2. The van der Waals surface area contributed by atoms with Crippen molar-refractivity contribution in [3.63, 3.8) is 0 Å². The molecule has 0 unspecified atom stereocenters. The van der Waals surface area contributed by atoms with E-state index in [4.69, 9.17) is 9.47 Å². The zero-order valence-electron chi connectivity index (χ0n) is 11.8. The third-order valence-corrected chi connectivity index (χ3v) is 7.61. The molecule has 0 saturated carbocycles. The fourth-order valence-corrected chi connectivity index (χ4v) is 6.47. The summed E-state index contributed by atoms with van der Waals surface area (Å²) in [6.45, 7) is 4.76. The van der Waals surface area contributed by atoms with Crippen LogP contribution >= 0.6 is 0 Å². The van der Waals surface area contributed by atoms with E-state index >= 15 is 0 Å². The molecule has 0 fully saturated rings. The van der Waals surface area contributed by atoms with Crippen molar-refractivity contribution >= 4 is 18.4 Å². The van der Waals surface area contributed by atoms with Gasteiger partial charge in [0.25, 0.3) is 0 Å². The molecule has 0 amide bonds. The van der Waals surface area contributed by atoms with E-state index in [1.54, 1.807) is 14.2 Å². The van der Waals surface area contributed by atoms with E-state index in [0.717, 1.165) is 11.5 Å². The first-order valence-electron chi connectivity index (χ1n) is 6.46. The Morgan fingerprint density at radius 3 is 2.37 bits per heavy atom. The smallest absolute Gasteiger partial charge is 0.119 e. The highest BCUT2D eigenvalue weighted by molar-refractivity contribution is 7.04. The predicted octanol–water partition coefficient (Wildman–Crippen LogP) is 2.51. The Kier molecular flexibility index (Phi) is 2.68. The molecular formula is C16H18O2Si. The Morgan fingerprint density at radius 1 is 0.895 bits per heavy atom. The van der Waals surface area contributed by atoms with Crippen LogP contribution < -0.4 is 19.8 Å². The minimum atomic E-state index is -1.66. The topological polar surface area (TPSA) is 18.5 Å². The van der Waals surface area contributed by atoms with E-state index in [0.29, 0.717) is 0 Å². The summed E-state index contributed by atoms with van der Waals surface area (Å²) in [6, 6.07) is 12.8. The predicted molar refractivity (Wildman–Crippen MR) is 81.7 cm³/mol. The zero-order chi connectivity index (χ0) is 13.6. The monoisotopic (exact) mass is 270 g/mol. The van der Waals surface area contributed by atoms with Crippen molar-refractivity contribution in [2.75, 3.05) is 14.2 Å². The first kappa shape index (κ1) is 12.3. The van der Waals surface area contributed by atoms with Gasteiger partial charge in [-0.2, -0.15) is 0 Å². The summed E-state index contributed by atoms with van der Waals surface area (Å²) in [7, 11) is 1.80. The van der Waals surface area contributed by atoms with Crippen molar-refractivity contribution in [1.29, 1.82) is 0 Å². The number of hydrogen-bond donors (Lipinski definition) is 0. The van der Waals surface area contributed by atoms with E-state index < -0.39 is 8.07 Å². The number of ether oxygens (including phenoxy) is 2. The van der Waals surface area contributed by atoms with Crippen LogP contribution in [0.25, 0.3) is 11.1 Å². The Balaban J connectivity index is 2.34. The van der Waals surface area contributed by atoms with Crippen molar-refractivity contribution in [1.82, 2.24) is 0 Å². The van der Waals surface area contributed by atoms with Crippen molar-refractivity contribution < 1.29 is 9.47 Å². The van der Waals surface area contributed by atoms with Gasteiger partial charge in [-0.3, -0.25) is 0 Å². The Labute approximate surface area is 115 Å². The van der Waals surface area contributed by atoms with Gasteiger partial charge in [-0.05, 0) is 39.7 Å². The van der Waals surface area contributed by atoms with Crippen LogP contribution in [0.3, 0.4) is 0 Å². The van der Waals surface area contributed by atoms with Gasteiger partial charge in [-0.25, -0.2) is 0 Å². The molecule has 0 bridgehead atoms. The molecule has 0 atom stereocenters. The van der Waals surface area contributed by atoms with Crippen molar-refractivity contribution in [2.24, 2.45) is 0 Å². The van der Waals surface area contributed by atoms with Gasteiger partial charge >= 0.3 is 0 Å². The van der Waals surface area contributed by atoms with Crippen LogP contribution in [-0.4, -0.2) is 22.3 Å². The molecule has 3 rings (SSSR count). The summed E-state index contributed by atoms with van der Waals surface area (Å²) in [5.74, 6) is 1.93. The summed E-state index contributed by atoms with van der Waals surface area (Å²) >= 11 is 0. The third-order valence-electron chi connectivity index (χ3n) is 4.06. The Bertz CT molecular complexity index is 647. The molecule has 1 heterocycles. The molecule has 3 heteroatoms. The van der Waals surface area contributed by atoms with E-state index in [1.165, 1.54) is 21.5 Å². The van der Waals surface area contributed by atoms with Gasteiger partial charge in [-0.15, -0.1) is 0 Å². The van der Waals surface area contributed by atoms with E-state index in [1.807, 2.05) is 0 Å². The van der Waals surface area contributed by atoms with Gasteiger partial charge in [0.15, 0.2) is 0 Å². The highest BCUT2D eigenvalue weighted by Crippen LogP contribution is 2.33. The lowest BCUT2D eigenvalue weighted by Gasteiger charge is -2.21. The summed E-state index contributed by atoms with van der Waals surface area (Å²) < 4.78 is 10.9. The lowest BCUT2D eigenvalue weighted by atomic mass is 10.1. The SMILES string of the molecule is COc1ccc2c(c1)-c1cccc(OC)c1[Si]2(C)C. The largest absolute Gasteiger partial charge is 0.497 e. The fraction of sp³-hybridized carbons (Fsp3) is 0.250. The molecule has 2 aromatic rings. The minimum Gasteiger partial charge on any atom is -0.497 e. The van der Waals surface area contributed by atoms with E-state index in [9.17, 15) is 0 Å². The molecule has 0 aromatic heterocycles. The summed E-state index contributed by atoms with van der Waals surface area (Å²) in [6.07, 6.45) is 0. The molecule has 0 radical (unpaired) electrons. The van der Waals surface area contributed by atoms with E-state index in [2.05, 4.69) is 49.5 Å². The van der Waals surface area contributed by atoms with Crippen LogP contribution in [0.4, 0.5) is 0 Å². The molecule has 2 aromatic carbocycles. The van der Waals surface area contributed by atoms with Crippen LogP contribution in [-0.2, 0) is 0 Å². The lowest BCUT2D eigenvalue weighted by Crippen LogP contribution is -2.49. The standard InChI is InChI=1S/C16H18O2Si/c1-17-11-8-9-15-13(10-11)12-6-5-7-14(18-2)16(12)19(15,3)4/h5-10H,1-4H3. The summed E-state index contributed by atoms with van der Waals surface area (Å²) in [5.41, 5.74) is 2.62. The fourth-order valence-electron chi connectivity index (χ4n) is 3.12. The average molecular weight is 270 g/mol. The molecule has 98 valence electrons. The maximum absolute atomic E-state index is 5.58. The summed E-state index contributed by atoms with van der Waals surface area (Å²) in [5, 5.41) is 2.87. The lowest BCUT2D eigenvalue weighted by molar-refractivity contribution is 0.415. The van der Waals surface area contributed by atoms with Crippen molar-refractivity contribution in [2.45, 2.75) is 13.1 Å². The molecular weight excluding hydrogens is 252 g/mol. The maximum atomic E-state index is 5.58. The van der Waals surface area contributed by atoms with E-state index in [-0.39, 0.29) is 0 Å². The molecule has 0 N–H and O–H groups in total. The van der Waals surface area contributed by atoms with Crippen LogP contribution in [0.5, 0.6) is 11.5 Å². The first-order valence-corrected chi connectivity index (χ1v) is 9.46. The highest BCUT2D eigenvalue weighted by atomic mass is 28.3. The van der Waals surface area contributed by atoms with Crippen molar-refractivity contribution in [3.8, 4) is 22.6 Å². The molecule has 19 heavy (non-hydrogen) atoms. The number of hydrogen-bond acceptors (Lipinski definition) is 2. The van der Waals surface area contributed by atoms with Gasteiger partial charge in [0.1, 0.15) is 19.6 Å². The normalized spacial score (nSPS) is 14.7. The van der Waals surface area contributed by atoms with Gasteiger partial charge in [0.05, 0.1) is 14.2 Å². The van der Waals surface area contributed by atoms with Gasteiger partial charge < -0.3 is 9.47 Å². The molecule has 1 aliphatic rings. The van der Waals surface area contributed by atoms with Gasteiger partial charge in [0.2, 0.25) is 0 Å². The van der Waals surface area contributed by atoms with Gasteiger partial charge in [-0.1, -0.05) is 31.3 Å². The molecule has 0 spiro atoms. The first-order chi connectivity index (χ1) is 9.09. The second-order valence-corrected chi connectivity index (χ2v) is 9.71.